The Kier molecular flexibility index (Phi) is 6.74. The van der Waals surface area contributed by atoms with E-state index in [4.69, 9.17) is 4.74 Å². The molecular formula is C22H26ClN5O2. The van der Waals surface area contributed by atoms with Gasteiger partial charge in [0.05, 0.1) is 17.5 Å². The molecule has 30 heavy (non-hydrogen) atoms. The van der Waals surface area contributed by atoms with Gasteiger partial charge in [-0.3, -0.25) is 4.79 Å². The van der Waals surface area contributed by atoms with Crippen LogP contribution in [0.5, 0.6) is 5.75 Å². The molecule has 0 saturated carbocycles. The van der Waals surface area contributed by atoms with E-state index in [0.717, 1.165) is 30.1 Å². The van der Waals surface area contributed by atoms with Crippen molar-refractivity contribution in [3.05, 3.63) is 70.5 Å². The van der Waals surface area contributed by atoms with Gasteiger partial charge in [0.2, 0.25) is 0 Å². The van der Waals surface area contributed by atoms with E-state index in [-0.39, 0.29) is 24.4 Å². The van der Waals surface area contributed by atoms with E-state index >= 15 is 0 Å². The summed E-state index contributed by atoms with van der Waals surface area (Å²) in [5.74, 6) is 0.566. The molecule has 3 aromatic rings. The molecule has 0 aliphatic carbocycles. The second-order valence-corrected chi connectivity index (χ2v) is 7.49. The number of ether oxygens (including phenoxy) is 1. The molecule has 158 valence electrons. The average Bonchev–Trinajstić information content (AvgIpc) is 3.32. The molecule has 0 spiro atoms. The molecule has 2 N–H and O–H groups in total. The summed E-state index contributed by atoms with van der Waals surface area (Å²) in [5, 5.41) is 14.5. The zero-order valence-electron chi connectivity index (χ0n) is 17.3. The van der Waals surface area contributed by atoms with Crippen molar-refractivity contribution in [2.75, 3.05) is 0 Å². The molecule has 1 aliphatic rings. The van der Waals surface area contributed by atoms with Gasteiger partial charge in [0.1, 0.15) is 5.75 Å². The maximum absolute atomic E-state index is 12.6. The van der Waals surface area contributed by atoms with Gasteiger partial charge >= 0.3 is 0 Å². The lowest BCUT2D eigenvalue weighted by atomic mass is 10.1. The first-order valence-corrected chi connectivity index (χ1v) is 9.80. The van der Waals surface area contributed by atoms with Crippen LogP contribution in [-0.2, 0) is 19.6 Å². The molecule has 1 aliphatic heterocycles. The second kappa shape index (κ2) is 9.28. The Hall–Kier alpha value is -2.90. The summed E-state index contributed by atoms with van der Waals surface area (Å²) < 4.78 is 7.33. The summed E-state index contributed by atoms with van der Waals surface area (Å²) in [6, 6.07) is 13.9. The fraction of sp³-hybridized carbons (Fsp3) is 0.318. The second-order valence-electron chi connectivity index (χ2n) is 7.49. The normalized spacial score (nSPS) is 12.4. The third kappa shape index (κ3) is 4.63. The van der Waals surface area contributed by atoms with Crippen molar-refractivity contribution in [2.45, 2.75) is 46.5 Å². The van der Waals surface area contributed by atoms with E-state index in [0.29, 0.717) is 17.9 Å². The van der Waals surface area contributed by atoms with E-state index in [1.54, 1.807) is 4.68 Å². The van der Waals surface area contributed by atoms with Gasteiger partial charge in [-0.25, -0.2) is 4.68 Å². The first-order chi connectivity index (χ1) is 14.0. The van der Waals surface area contributed by atoms with Gasteiger partial charge < -0.3 is 15.4 Å². The molecule has 2 heterocycles. The Morgan fingerprint density at radius 3 is 2.63 bits per heavy atom. The first-order valence-electron chi connectivity index (χ1n) is 9.80. The fourth-order valence-electron chi connectivity index (χ4n) is 3.45. The molecule has 0 bridgehead atoms. The van der Waals surface area contributed by atoms with Crippen LogP contribution in [0.4, 0.5) is 0 Å². The smallest absolute Gasteiger partial charge is 0.274 e. The summed E-state index contributed by atoms with van der Waals surface area (Å²) in [6.07, 6.45) is 0.117. The van der Waals surface area contributed by atoms with Gasteiger partial charge in [0, 0.05) is 19.6 Å². The molecule has 7 nitrogen and oxygen atoms in total. The number of benzene rings is 2. The van der Waals surface area contributed by atoms with Crippen LogP contribution in [0, 0.1) is 6.92 Å². The van der Waals surface area contributed by atoms with Crippen LogP contribution in [0.25, 0.3) is 5.69 Å². The first kappa shape index (κ1) is 21.8. The van der Waals surface area contributed by atoms with Gasteiger partial charge in [0.25, 0.3) is 5.91 Å². The molecule has 1 aromatic heterocycles. The van der Waals surface area contributed by atoms with Crippen LogP contribution < -0.4 is 15.4 Å². The van der Waals surface area contributed by atoms with Crippen LogP contribution in [0.3, 0.4) is 0 Å². The number of amides is 1. The Balaban J connectivity index is 0.00000256. The van der Waals surface area contributed by atoms with Crippen LogP contribution in [-0.4, -0.2) is 27.0 Å². The molecule has 0 radical (unpaired) electrons. The summed E-state index contributed by atoms with van der Waals surface area (Å²) in [5.41, 5.74) is 5.55. The maximum atomic E-state index is 12.6. The Bertz CT molecular complexity index is 1030. The third-order valence-corrected chi connectivity index (χ3v) is 4.92. The van der Waals surface area contributed by atoms with Crippen molar-refractivity contribution < 1.29 is 9.53 Å². The number of nitrogens with zero attached hydrogens (tertiary/aromatic N) is 3. The molecule has 4 rings (SSSR count). The highest BCUT2D eigenvalue weighted by Gasteiger charge is 2.18. The van der Waals surface area contributed by atoms with Crippen LogP contribution in [0.2, 0.25) is 0 Å². The van der Waals surface area contributed by atoms with Gasteiger partial charge in [-0.2, -0.15) is 0 Å². The van der Waals surface area contributed by atoms with E-state index in [1.165, 1.54) is 11.1 Å². The minimum atomic E-state index is -0.230. The molecule has 0 fully saturated rings. The third-order valence-electron chi connectivity index (χ3n) is 4.92. The minimum Gasteiger partial charge on any atom is -0.491 e. The highest BCUT2D eigenvalue weighted by Crippen LogP contribution is 2.19. The lowest BCUT2D eigenvalue weighted by Gasteiger charge is -2.10. The summed E-state index contributed by atoms with van der Waals surface area (Å²) in [4.78, 5) is 12.6. The quantitative estimate of drug-likeness (QED) is 0.630. The number of fused-ring (bicyclic) bond motifs is 1. The van der Waals surface area contributed by atoms with Gasteiger partial charge in [-0.1, -0.05) is 23.4 Å². The Labute approximate surface area is 182 Å². The van der Waals surface area contributed by atoms with Gasteiger partial charge in [0.15, 0.2) is 5.69 Å². The standard InChI is InChI=1S/C22H25N5O2.ClH/c1-14(2)29-20-8-6-19(7-9-20)27-15(3)21(25-26-27)22(28)24-11-16-4-5-17-12-23-13-18(17)10-16;/h4-10,14,23H,11-13H2,1-3H3,(H,24,28);1H. The van der Waals surface area contributed by atoms with Crippen molar-refractivity contribution in [3.63, 3.8) is 0 Å². The number of carbonyl (C=O) groups is 1. The predicted octanol–water partition coefficient (Wildman–Crippen LogP) is 3.32. The summed E-state index contributed by atoms with van der Waals surface area (Å²) in [7, 11) is 0. The van der Waals surface area contributed by atoms with Crippen molar-refractivity contribution >= 4 is 18.3 Å². The van der Waals surface area contributed by atoms with E-state index in [2.05, 4.69) is 39.1 Å². The molecule has 2 aromatic carbocycles. The van der Waals surface area contributed by atoms with Crippen molar-refractivity contribution in [3.8, 4) is 11.4 Å². The number of aromatic nitrogens is 3. The zero-order valence-corrected chi connectivity index (χ0v) is 18.1. The Morgan fingerprint density at radius 2 is 1.90 bits per heavy atom. The number of rotatable bonds is 6. The molecule has 0 saturated heterocycles. The monoisotopic (exact) mass is 427 g/mol. The zero-order chi connectivity index (χ0) is 20.4. The molecule has 8 heteroatoms. The van der Waals surface area contributed by atoms with E-state index in [9.17, 15) is 4.79 Å². The summed E-state index contributed by atoms with van der Waals surface area (Å²) in [6.45, 7) is 8.06. The highest BCUT2D eigenvalue weighted by atomic mass is 35.5. The van der Waals surface area contributed by atoms with Crippen LogP contribution in [0.15, 0.2) is 42.5 Å². The lowest BCUT2D eigenvalue weighted by molar-refractivity contribution is 0.0945. The molecule has 0 atom stereocenters. The average molecular weight is 428 g/mol. The topological polar surface area (TPSA) is 81.1 Å². The van der Waals surface area contributed by atoms with Gasteiger partial charge in [-0.05, 0) is 61.7 Å². The van der Waals surface area contributed by atoms with Crippen molar-refractivity contribution in [2.24, 2.45) is 0 Å². The molecular weight excluding hydrogens is 402 g/mol. The van der Waals surface area contributed by atoms with Crippen molar-refractivity contribution in [1.29, 1.82) is 0 Å². The number of halogens is 1. The number of nitrogens with one attached hydrogen (secondary N) is 2. The molecule has 0 unspecified atom stereocenters. The van der Waals surface area contributed by atoms with E-state index < -0.39 is 0 Å². The number of hydrogen-bond donors (Lipinski definition) is 2. The van der Waals surface area contributed by atoms with Gasteiger partial charge in [-0.15, -0.1) is 17.5 Å². The minimum absolute atomic E-state index is 0. The number of hydrogen-bond acceptors (Lipinski definition) is 5. The summed E-state index contributed by atoms with van der Waals surface area (Å²) >= 11 is 0. The SMILES string of the molecule is Cc1c(C(=O)NCc2ccc3c(c2)CNC3)nnn1-c1ccc(OC(C)C)cc1.Cl. The van der Waals surface area contributed by atoms with Crippen LogP contribution in [0.1, 0.15) is 46.7 Å². The largest absolute Gasteiger partial charge is 0.491 e. The Morgan fingerprint density at radius 1 is 1.17 bits per heavy atom. The van der Waals surface area contributed by atoms with E-state index in [1.807, 2.05) is 45.0 Å². The lowest BCUT2D eigenvalue weighted by Crippen LogP contribution is -2.24. The van der Waals surface area contributed by atoms with Crippen molar-refractivity contribution in [1.82, 2.24) is 25.6 Å². The predicted molar refractivity (Wildman–Crippen MR) is 117 cm³/mol. The highest BCUT2D eigenvalue weighted by molar-refractivity contribution is 5.93. The number of carbonyl (C=O) groups excluding carboxylic acids is 1. The maximum Gasteiger partial charge on any atom is 0.274 e. The molecule has 1 amide bonds. The van der Waals surface area contributed by atoms with Crippen LogP contribution >= 0.6 is 12.4 Å². The fourth-order valence-corrected chi connectivity index (χ4v) is 3.45.